The molecule has 0 spiro atoms. The summed E-state index contributed by atoms with van der Waals surface area (Å²) in [5.41, 5.74) is -2.69. The van der Waals surface area contributed by atoms with Crippen molar-refractivity contribution in [2.24, 2.45) is 5.92 Å². The maximum Gasteiger partial charge on any atom is 0.435 e. The Morgan fingerprint density at radius 3 is 2.29 bits per heavy atom. The van der Waals surface area contributed by atoms with Crippen LogP contribution in [0.25, 0.3) is 5.65 Å². The van der Waals surface area contributed by atoms with Crippen LogP contribution in [0.4, 0.5) is 36.6 Å². The van der Waals surface area contributed by atoms with Crippen LogP contribution in [0.1, 0.15) is 29.4 Å². The zero-order chi connectivity index (χ0) is 24.7. The van der Waals surface area contributed by atoms with Crippen LogP contribution in [-0.4, -0.2) is 50.8 Å². The van der Waals surface area contributed by atoms with Crippen molar-refractivity contribution in [1.29, 1.82) is 0 Å². The lowest BCUT2D eigenvalue weighted by molar-refractivity contribution is -0.142. The second-order valence-electron chi connectivity index (χ2n) is 8.10. The topological polar surface area (TPSA) is 65.7 Å². The van der Waals surface area contributed by atoms with Crippen molar-refractivity contribution in [2.75, 3.05) is 31.6 Å². The van der Waals surface area contributed by atoms with Gasteiger partial charge >= 0.3 is 12.4 Å². The third kappa shape index (κ3) is 5.09. The van der Waals surface area contributed by atoms with Gasteiger partial charge in [-0.15, -0.1) is 0 Å². The van der Waals surface area contributed by atoms with E-state index in [-0.39, 0.29) is 24.9 Å². The molecule has 1 unspecified atom stereocenters. The normalized spacial score (nSPS) is 18.5. The standard InChI is InChI=1S/C21H20F7N5O/c22-14-3-1-13(2-4-14)15(32-6-5-12(10-32)11-34)9-29-18-7-16(20(23,24)25)30-19-8-17(21(26,27)28)31-33(18)19/h1-4,7-8,12,15,29,34H,5-6,9-11H2/t12-,15?/m0/s1. The van der Waals surface area contributed by atoms with E-state index in [4.69, 9.17) is 0 Å². The average Bonchev–Trinajstić information content (AvgIpc) is 3.41. The van der Waals surface area contributed by atoms with E-state index in [0.717, 1.165) is 0 Å². The highest BCUT2D eigenvalue weighted by atomic mass is 19.4. The van der Waals surface area contributed by atoms with E-state index in [1.54, 1.807) is 0 Å². The van der Waals surface area contributed by atoms with E-state index in [0.29, 0.717) is 41.7 Å². The van der Waals surface area contributed by atoms with Gasteiger partial charge < -0.3 is 10.4 Å². The minimum absolute atomic E-state index is 0.00729. The zero-order valence-corrected chi connectivity index (χ0v) is 17.5. The van der Waals surface area contributed by atoms with Crippen LogP contribution in [0, 0.1) is 11.7 Å². The summed E-state index contributed by atoms with van der Waals surface area (Å²) in [6, 6.07) is 6.16. The maximum absolute atomic E-state index is 13.4. The molecule has 0 radical (unpaired) electrons. The minimum Gasteiger partial charge on any atom is -0.396 e. The number of benzene rings is 1. The molecule has 0 aliphatic carbocycles. The van der Waals surface area contributed by atoms with Crippen molar-refractivity contribution in [1.82, 2.24) is 19.5 Å². The SMILES string of the molecule is OC[C@H]1CCN(C(CNc2cc(C(F)(F)F)nc3cc(C(F)(F)F)nn23)c2ccc(F)cc2)C1. The van der Waals surface area contributed by atoms with Gasteiger partial charge in [0.25, 0.3) is 0 Å². The van der Waals surface area contributed by atoms with Crippen molar-refractivity contribution < 1.29 is 35.8 Å². The zero-order valence-electron chi connectivity index (χ0n) is 17.5. The number of rotatable bonds is 6. The number of fused-ring (bicyclic) bond motifs is 1. The van der Waals surface area contributed by atoms with E-state index in [1.165, 1.54) is 24.3 Å². The third-order valence-corrected chi connectivity index (χ3v) is 5.76. The van der Waals surface area contributed by atoms with E-state index in [2.05, 4.69) is 15.4 Å². The molecular weight excluding hydrogens is 471 g/mol. The molecule has 0 saturated carbocycles. The molecule has 0 bridgehead atoms. The predicted molar refractivity (Wildman–Crippen MR) is 107 cm³/mol. The Kier molecular flexibility index (Phi) is 6.42. The molecule has 6 nitrogen and oxygen atoms in total. The second-order valence-corrected chi connectivity index (χ2v) is 8.10. The summed E-state index contributed by atoms with van der Waals surface area (Å²) in [4.78, 5) is 5.27. The number of anilines is 1. The number of aliphatic hydroxyl groups excluding tert-OH is 1. The third-order valence-electron chi connectivity index (χ3n) is 5.76. The van der Waals surface area contributed by atoms with Crippen molar-refractivity contribution in [3.05, 3.63) is 59.2 Å². The summed E-state index contributed by atoms with van der Waals surface area (Å²) >= 11 is 0. The van der Waals surface area contributed by atoms with Gasteiger partial charge in [-0.3, -0.25) is 4.90 Å². The summed E-state index contributed by atoms with van der Waals surface area (Å²) in [6.45, 7) is 1.03. The molecule has 2 aromatic heterocycles. The first-order chi connectivity index (χ1) is 16.0. The minimum atomic E-state index is -4.89. The first-order valence-electron chi connectivity index (χ1n) is 10.3. The van der Waals surface area contributed by atoms with Crippen LogP contribution in [0.15, 0.2) is 36.4 Å². The van der Waals surface area contributed by atoms with Gasteiger partial charge in [-0.25, -0.2) is 9.37 Å². The van der Waals surface area contributed by atoms with Gasteiger partial charge in [0, 0.05) is 31.8 Å². The Hall–Kier alpha value is -2.93. The largest absolute Gasteiger partial charge is 0.435 e. The number of hydrogen-bond donors (Lipinski definition) is 2. The first-order valence-corrected chi connectivity index (χ1v) is 10.3. The van der Waals surface area contributed by atoms with Crippen molar-refractivity contribution in [3.63, 3.8) is 0 Å². The smallest absolute Gasteiger partial charge is 0.396 e. The average molecular weight is 491 g/mol. The Labute approximate surface area is 189 Å². The molecule has 1 saturated heterocycles. The molecular formula is C21H20F7N5O. The summed E-state index contributed by atoms with van der Waals surface area (Å²) in [7, 11) is 0. The van der Waals surface area contributed by atoms with Crippen LogP contribution >= 0.6 is 0 Å². The molecule has 0 amide bonds. The number of nitrogens with one attached hydrogen (secondary N) is 1. The van der Waals surface area contributed by atoms with E-state index in [9.17, 15) is 35.8 Å². The highest BCUT2D eigenvalue weighted by Crippen LogP contribution is 2.34. The molecule has 1 aliphatic rings. The fraction of sp³-hybridized carbons (Fsp3) is 0.429. The summed E-state index contributed by atoms with van der Waals surface area (Å²) in [5.74, 6) is -0.780. The molecule has 34 heavy (non-hydrogen) atoms. The van der Waals surface area contributed by atoms with Gasteiger partial charge in [-0.1, -0.05) is 12.1 Å². The van der Waals surface area contributed by atoms with E-state index in [1.807, 2.05) is 4.90 Å². The van der Waals surface area contributed by atoms with Crippen molar-refractivity contribution in [3.8, 4) is 0 Å². The number of alkyl halides is 6. The number of halogens is 7. The molecule has 184 valence electrons. The maximum atomic E-state index is 13.4. The van der Waals surface area contributed by atoms with Gasteiger partial charge in [-0.05, 0) is 36.6 Å². The molecule has 3 heterocycles. The number of nitrogens with zero attached hydrogens (tertiary/aromatic N) is 4. The number of aromatic nitrogens is 3. The first kappa shape index (κ1) is 24.2. The molecule has 2 atom stereocenters. The molecule has 1 fully saturated rings. The second kappa shape index (κ2) is 9.02. The van der Waals surface area contributed by atoms with Gasteiger partial charge in [-0.2, -0.15) is 36.0 Å². The summed E-state index contributed by atoms with van der Waals surface area (Å²) < 4.78 is 93.6. The van der Waals surface area contributed by atoms with Gasteiger partial charge in [0.05, 0.1) is 6.04 Å². The number of aliphatic hydroxyl groups is 1. The van der Waals surface area contributed by atoms with Gasteiger partial charge in [0.15, 0.2) is 17.0 Å². The Balaban J connectivity index is 1.69. The molecule has 3 aromatic rings. The van der Waals surface area contributed by atoms with Gasteiger partial charge in [0.2, 0.25) is 0 Å². The van der Waals surface area contributed by atoms with Crippen LogP contribution < -0.4 is 5.32 Å². The fourth-order valence-corrected chi connectivity index (χ4v) is 4.02. The Bertz CT molecular complexity index is 1140. The van der Waals surface area contributed by atoms with Crippen molar-refractivity contribution >= 4 is 11.5 Å². The summed E-state index contributed by atoms with van der Waals surface area (Å²) in [5, 5.41) is 15.6. The van der Waals surface area contributed by atoms with Crippen LogP contribution in [-0.2, 0) is 12.4 Å². The van der Waals surface area contributed by atoms with Crippen LogP contribution in [0.3, 0.4) is 0 Å². The monoisotopic (exact) mass is 491 g/mol. The van der Waals surface area contributed by atoms with E-state index < -0.39 is 41.2 Å². The quantitative estimate of drug-likeness (QED) is 0.502. The predicted octanol–water partition coefficient (Wildman–Crippen LogP) is 4.37. The molecule has 4 rings (SSSR count). The summed E-state index contributed by atoms with van der Waals surface area (Å²) in [6.07, 6.45) is -9.06. The molecule has 1 aliphatic heterocycles. The fourth-order valence-electron chi connectivity index (χ4n) is 4.02. The number of likely N-dealkylation sites (tertiary alicyclic amines) is 1. The lowest BCUT2D eigenvalue weighted by Gasteiger charge is -2.29. The Morgan fingerprint density at radius 1 is 1.03 bits per heavy atom. The van der Waals surface area contributed by atoms with Crippen LogP contribution in [0.2, 0.25) is 0 Å². The number of hydrogen-bond acceptors (Lipinski definition) is 5. The lowest BCUT2D eigenvalue weighted by Crippen LogP contribution is -2.32. The highest BCUT2D eigenvalue weighted by molar-refractivity contribution is 5.51. The van der Waals surface area contributed by atoms with Gasteiger partial charge in [0.1, 0.15) is 11.6 Å². The molecule has 2 N–H and O–H groups in total. The molecule has 1 aromatic carbocycles. The van der Waals surface area contributed by atoms with Crippen molar-refractivity contribution in [2.45, 2.75) is 24.8 Å². The van der Waals surface area contributed by atoms with E-state index >= 15 is 0 Å². The van der Waals surface area contributed by atoms with Crippen LogP contribution in [0.5, 0.6) is 0 Å². The molecule has 13 heteroatoms. The Morgan fingerprint density at radius 2 is 1.71 bits per heavy atom. The highest BCUT2D eigenvalue weighted by Gasteiger charge is 2.37. The lowest BCUT2D eigenvalue weighted by atomic mass is 10.1.